The summed E-state index contributed by atoms with van der Waals surface area (Å²) in [6.45, 7) is 1.86. The topological polar surface area (TPSA) is 33.1 Å². The third kappa shape index (κ3) is 2.68. The van der Waals surface area contributed by atoms with E-state index in [9.17, 15) is 18.3 Å². The minimum Gasteiger partial charge on any atom is -0.388 e. The summed E-state index contributed by atoms with van der Waals surface area (Å²) in [4.78, 5) is 3.50. The molecular formula is C8H10F3NOS. The highest BCUT2D eigenvalue weighted by molar-refractivity contribution is 7.11. The summed E-state index contributed by atoms with van der Waals surface area (Å²) in [5.74, 6) is 0. The minimum absolute atomic E-state index is 0.277. The molecule has 0 aliphatic rings. The maximum Gasteiger partial charge on any atom is 0.443 e. The van der Waals surface area contributed by atoms with E-state index in [1.807, 2.05) is 6.92 Å². The molecule has 1 aromatic heterocycles. The zero-order valence-electron chi connectivity index (χ0n) is 7.51. The van der Waals surface area contributed by atoms with Gasteiger partial charge in [-0.1, -0.05) is 13.3 Å². The van der Waals surface area contributed by atoms with Crippen molar-refractivity contribution in [2.75, 3.05) is 0 Å². The smallest absolute Gasteiger partial charge is 0.388 e. The zero-order chi connectivity index (χ0) is 10.8. The second-order valence-electron chi connectivity index (χ2n) is 2.87. The SMILES string of the molecule is CCCC(O)c1cnc(C(F)(F)F)s1. The van der Waals surface area contributed by atoms with Gasteiger partial charge in [-0.25, -0.2) is 4.98 Å². The van der Waals surface area contributed by atoms with Crippen molar-refractivity contribution in [1.82, 2.24) is 4.98 Å². The third-order valence-electron chi connectivity index (χ3n) is 1.66. The average Bonchev–Trinajstić information content (AvgIpc) is 2.51. The molecule has 1 rings (SSSR count). The monoisotopic (exact) mass is 225 g/mol. The number of rotatable bonds is 3. The summed E-state index contributed by atoms with van der Waals surface area (Å²) in [6.07, 6.45) is -2.96. The molecule has 0 spiro atoms. The van der Waals surface area contributed by atoms with Crippen LogP contribution in [0.1, 0.15) is 35.8 Å². The minimum atomic E-state index is -4.41. The lowest BCUT2D eigenvalue weighted by atomic mass is 10.2. The van der Waals surface area contributed by atoms with Gasteiger partial charge in [0.1, 0.15) is 0 Å². The van der Waals surface area contributed by atoms with E-state index in [-0.39, 0.29) is 4.88 Å². The Morgan fingerprint density at radius 2 is 2.21 bits per heavy atom. The molecule has 1 heterocycles. The van der Waals surface area contributed by atoms with Gasteiger partial charge in [0, 0.05) is 6.20 Å². The first kappa shape index (κ1) is 11.5. The van der Waals surface area contributed by atoms with Crippen molar-refractivity contribution in [3.63, 3.8) is 0 Å². The van der Waals surface area contributed by atoms with Crippen molar-refractivity contribution in [3.05, 3.63) is 16.1 Å². The van der Waals surface area contributed by atoms with Gasteiger partial charge in [0.2, 0.25) is 0 Å². The summed E-state index contributed by atoms with van der Waals surface area (Å²) in [6, 6.07) is 0. The highest BCUT2D eigenvalue weighted by Crippen LogP contribution is 2.35. The molecule has 2 nitrogen and oxygen atoms in total. The predicted octanol–water partition coefficient (Wildman–Crippen LogP) is 3.00. The third-order valence-corrected chi connectivity index (χ3v) is 2.80. The van der Waals surface area contributed by atoms with Crippen molar-refractivity contribution >= 4 is 11.3 Å². The van der Waals surface area contributed by atoms with Gasteiger partial charge in [-0.05, 0) is 6.42 Å². The highest BCUT2D eigenvalue weighted by atomic mass is 32.1. The normalized spacial score (nSPS) is 14.4. The quantitative estimate of drug-likeness (QED) is 0.857. The van der Waals surface area contributed by atoms with Crippen LogP contribution >= 0.6 is 11.3 Å². The molecule has 0 aromatic carbocycles. The maximum atomic E-state index is 12.1. The Hall–Kier alpha value is -0.620. The highest BCUT2D eigenvalue weighted by Gasteiger charge is 2.35. The first-order valence-corrected chi connectivity index (χ1v) is 4.97. The van der Waals surface area contributed by atoms with E-state index in [1.54, 1.807) is 0 Å². The molecule has 1 atom stereocenters. The average molecular weight is 225 g/mol. The van der Waals surface area contributed by atoms with Gasteiger partial charge in [0.15, 0.2) is 5.01 Å². The Kier molecular flexibility index (Phi) is 3.49. The molecular weight excluding hydrogens is 215 g/mol. The number of nitrogens with zero attached hydrogens (tertiary/aromatic N) is 1. The molecule has 6 heteroatoms. The number of hydrogen-bond donors (Lipinski definition) is 1. The Morgan fingerprint density at radius 3 is 2.64 bits per heavy atom. The van der Waals surface area contributed by atoms with Gasteiger partial charge < -0.3 is 5.11 Å². The van der Waals surface area contributed by atoms with Crippen molar-refractivity contribution < 1.29 is 18.3 Å². The standard InChI is InChI=1S/C8H10F3NOS/c1-2-3-5(13)6-4-12-7(14-6)8(9,10)11/h4-5,13H,2-3H2,1H3. The number of aromatic nitrogens is 1. The number of alkyl halides is 3. The van der Waals surface area contributed by atoms with E-state index < -0.39 is 17.3 Å². The van der Waals surface area contributed by atoms with Gasteiger partial charge in [-0.2, -0.15) is 13.2 Å². The Bertz CT molecular complexity index is 297. The molecule has 0 radical (unpaired) electrons. The number of thiazole rings is 1. The number of halogens is 3. The number of aliphatic hydroxyl groups excluding tert-OH is 1. The molecule has 0 fully saturated rings. The van der Waals surface area contributed by atoms with Crippen molar-refractivity contribution in [2.24, 2.45) is 0 Å². The Balaban J connectivity index is 2.78. The maximum absolute atomic E-state index is 12.1. The van der Waals surface area contributed by atoms with Crippen molar-refractivity contribution in [2.45, 2.75) is 32.0 Å². The summed E-state index contributed by atoms with van der Waals surface area (Å²) >= 11 is 0.502. The van der Waals surface area contributed by atoms with Gasteiger partial charge in [-0.3, -0.25) is 0 Å². The number of hydrogen-bond acceptors (Lipinski definition) is 3. The lowest BCUT2D eigenvalue weighted by molar-refractivity contribution is -0.137. The van der Waals surface area contributed by atoms with E-state index in [4.69, 9.17) is 0 Å². The first-order valence-electron chi connectivity index (χ1n) is 4.16. The van der Waals surface area contributed by atoms with Crippen LogP contribution < -0.4 is 0 Å². The summed E-state index contributed by atoms with van der Waals surface area (Å²) in [7, 11) is 0. The van der Waals surface area contributed by atoms with Crippen LogP contribution in [0, 0.1) is 0 Å². The van der Waals surface area contributed by atoms with Crippen LogP contribution in [0.2, 0.25) is 0 Å². The van der Waals surface area contributed by atoms with E-state index in [1.165, 1.54) is 0 Å². The van der Waals surface area contributed by atoms with Gasteiger partial charge in [0.25, 0.3) is 0 Å². The van der Waals surface area contributed by atoms with Crippen LogP contribution in [-0.2, 0) is 6.18 Å². The fourth-order valence-corrected chi connectivity index (χ4v) is 1.79. The predicted molar refractivity (Wildman–Crippen MR) is 47.0 cm³/mol. The molecule has 1 aromatic rings. The van der Waals surface area contributed by atoms with Gasteiger partial charge in [-0.15, -0.1) is 11.3 Å². The van der Waals surface area contributed by atoms with Crippen LogP contribution in [0.15, 0.2) is 6.20 Å². The van der Waals surface area contributed by atoms with Crippen LogP contribution in [0.3, 0.4) is 0 Å². The second-order valence-corrected chi connectivity index (χ2v) is 3.93. The lowest BCUT2D eigenvalue weighted by Gasteiger charge is -2.04. The summed E-state index contributed by atoms with van der Waals surface area (Å²) in [5, 5.41) is 8.50. The fourth-order valence-electron chi connectivity index (χ4n) is 0.987. The van der Waals surface area contributed by atoms with Gasteiger partial charge in [0.05, 0.1) is 11.0 Å². The molecule has 0 aliphatic heterocycles. The molecule has 80 valence electrons. The van der Waals surface area contributed by atoms with Crippen LogP contribution in [0.5, 0.6) is 0 Å². The van der Waals surface area contributed by atoms with Crippen LogP contribution in [-0.4, -0.2) is 10.1 Å². The lowest BCUT2D eigenvalue weighted by Crippen LogP contribution is -2.02. The molecule has 14 heavy (non-hydrogen) atoms. The zero-order valence-corrected chi connectivity index (χ0v) is 8.32. The largest absolute Gasteiger partial charge is 0.443 e. The molecule has 0 amide bonds. The summed E-state index contributed by atoms with van der Waals surface area (Å²) < 4.78 is 36.4. The Morgan fingerprint density at radius 1 is 1.57 bits per heavy atom. The molecule has 1 unspecified atom stereocenters. The second kappa shape index (κ2) is 4.27. The molecule has 0 saturated heterocycles. The van der Waals surface area contributed by atoms with E-state index >= 15 is 0 Å². The molecule has 0 saturated carbocycles. The van der Waals surface area contributed by atoms with E-state index in [0.29, 0.717) is 17.8 Å². The fraction of sp³-hybridized carbons (Fsp3) is 0.625. The van der Waals surface area contributed by atoms with Crippen molar-refractivity contribution in [3.8, 4) is 0 Å². The summed E-state index contributed by atoms with van der Waals surface area (Å²) in [5.41, 5.74) is 0. The number of aliphatic hydroxyl groups is 1. The van der Waals surface area contributed by atoms with E-state index in [2.05, 4.69) is 4.98 Å². The van der Waals surface area contributed by atoms with Gasteiger partial charge >= 0.3 is 6.18 Å². The Labute approximate surface area is 83.4 Å². The van der Waals surface area contributed by atoms with Crippen LogP contribution in [0.4, 0.5) is 13.2 Å². The van der Waals surface area contributed by atoms with E-state index in [0.717, 1.165) is 12.6 Å². The molecule has 1 N–H and O–H groups in total. The first-order chi connectivity index (χ1) is 6.45. The van der Waals surface area contributed by atoms with Crippen LogP contribution in [0.25, 0.3) is 0 Å². The molecule has 0 bridgehead atoms. The molecule has 0 aliphatic carbocycles. The van der Waals surface area contributed by atoms with Crippen molar-refractivity contribution in [1.29, 1.82) is 0 Å².